The Labute approximate surface area is 158 Å². The van der Waals surface area contributed by atoms with Crippen LogP contribution in [0.15, 0.2) is 23.4 Å². The third-order valence-corrected chi connectivity index (χ3v) is 6.46. The number of anilines is 1. The fourth-order valence-electron chi connectivity index (χ4n) is 3.22. The standard InChI is InChI=1S/C18H18N4O2S2/c1-9-5-6-11-12(7-9)21-18(20-11)25-8-14(23)22-17-15(16(19)24)10-3-2-4-13(10)26-17/h5-7H,2-4,8H2,1H3,(H2,19,24)(H,20,21)(H,22,23). The van der Waals surface area contributed by atoms with Crippen molar-refractivity contribution in [2.24, 2.45) is 5.73 Å². The van der Waals surface area contributed by atoms with Crippen LogP contribution in [0, 0.1) is 6.92 Å². The summed E-state index contributed by atoms with van der Waals surface area (Å²) in [6.45, 7) is 2.02. The molecule has 4 rings (SSSR count). The minimum Gasteiger partial charge on any atom is -0.365 e. The summed E-state index contributed by atoms with van der Waals surface area (Å²) in [5.41, 5.74) is 10.0. The first kappa shape index (κ1) is 17.1. The lowest BCUT2D eigenvalue weighted by molar-refractivity contribution is -0.113. The van der Waals surface area contributed by atoms with E-state index in [1.165, 1.54) is 23.1 Å². The molecule has 0 radical (unpaired) electrons. The number of nitrogens with one attached hydrogen (secondary N) is 2. The van der Waals surface area contributed by atoms with E-state index in [4.69, 9.17) is 5.73 Å². The van der Waals surface area contributed by atoms with Gasteiger partial charge in [-0.25, -0.2) is 4.98 Å². The van der Waals surface area contributed by atoms with Crippen LogP contribution in [0.5, 0.6) is 0 Å². The summed E-state index contributed by atoms with van der Waals surface area (Å²) < 4.78 is 0. The van der Waals surface area contributed by atoms with Crippen molar-refractivity contribution in [1.82, 2.24) is 9.97 Å². The number of nitrogens with two attached hydrogens (primary N) is 1. The molecular weight excluding hydrogens is 368 g/mol. The van der Waals surface area contributed by atoms with Gasteiger partial charge in [-0.05, 0) is 49.4 Å². The minimum atomic E-state index is -0.472. The first-order valence-corrected chi connectivity index (χ1v) is 10.1. The van der Waals surface area contributed by atoms with E-state index in [9.17, 15) is 9.59 Å². The van der Waals surface area contributed by atoms with E-state index in [-0.39, 0.29) is 11.7 Å². The second kappa shape index (κ2) is 6.77. The van der Waals surface area contributed by atoms with Crippen molar-refractivity contribution >= 4 is 50.9 Å². The third-order valence-electron chi connectivity index (χ3n) is 4.38. The SMILES string of the molecule is Cc1ccc2nc(SCC(=O)Nc3sc4c(c3C(N)=O)CCC4)[nH]c2c1. The van der Waals surface area contributed by atoms with Crippen molar-refractivity contribution in [1.29, 1.82) is 0 Å². The van der Waals surface area contributed by atoms with Crippen LogP contribution in [0.3, 0.4) is 0 Å². The molecule has 8 heteroatoms. The molecule has 0 saturated heterocycles. The summed E-state index contributed by atoms with van der Waals surface area (Å²) in [4.78, 5) is 33.0. The zero-order valence-corrected chi connectivity index (χ0v) is 15.9. The van der Waals surface area contributed by atoms with Crippen LogP contribution in [-0.4, -0.2) is 27.5 Å². The van der Waals surface area contributed by atoms with Gasteiger partial charge in [0, 0.05) is 4.88 Å². The molecular formula is C18H18N4O2S2. The molecule has 0 aliphatic heterocycles. The molecule has 1 aromatic carbocycles. The number of rotatable bonds is 5. The zero-order chi connectivity index (χ0) is 18.3. The first-order valence-electron chi connectivity index (χ1n) is 8.34. The van der Waals surface area contributed by atoms with Crippen LogP contribution >= 0.6 is 23.1 Å². The number of fused-ring (bicyclic) bond motifs is 2. The van der Waals surface area contributed by atoms with Gasteiger partial charge in [-0.15, -0.1) is 11.3 Å². The number of aryl methyl sites for hydroxylation is 2. The van der Waals surface area contributed by atoms with E-state index >= 15 is 0 Å². The molecule has 0 atom stereocenters. The topological polar surface area (TPSA) is 101 Å². The Hall–Kier alpha value is -2.32. The number of thioether (sulfide) groups is 1. The molecule has 1 aliphatic carbocycles. The average Bonchev–Trinajstić information content (AvgIpc) is 3.25. The van der Waals surface area contributed by atoms with Crippen molar-refractivity contribution in [3.63, 3.8) is 0 Å². The molecule has 3 aromatic rings. The molecule has 0 bridgehead atoms. The monoisotopic (exact) mass is 386 g/mol. The molecule has 26 heavy (non-hydrogen) atoms. The highest BCUT2D eigenvalue weighted by Gasteiger charge is 2.26. The highest BCUT2D eigenvalue weighted by atomic mass is 32.2. The van der Waals surface area contributed by atoms with Crippen molar-refractivity contribution < 1.29 is 9.59 Å². The normalized spacial score (nSPS) is 13.1. The number of thiophene rings is 1. The molecule has 2 heterocycles. The molecule has 134 valence electrons. The van der Waals surface area contributed by atoms with Gasteiger partial charge in [-0.1, -0.05) is 17.8 Å². The number of benzene rings is 1. The first-order chi connectivity index (χ1) is 12.5. The maximum absolute atomic E-state index is 12.3. The highest BCUT2D eigenvalue weighted by molar-refractivity contribution is 7.99. The van der Waals surface area contributed by atoms with E-state index in [2.05, 4.69) is 15.3 Å². The Bertz CT molecular complexity index is 1020. The van der Waals surface area contributed by atoms with E-state index in [1.54, 1.807) is 0 Å². The van der Waals surface area contributed by atoms with Gasteiger partial charge in [0.15, 0.2) is 5.16 Å². The van der Waals surface area contributed by atoms with Crippen LogP contribution in [0.25, 0.3) is 11.0 Å². The Kier molecular flexibility index (Phi) is 4.46. The molecule has 2 amide bonds. The van der Waals surface area contributed by atoms with Crippen LogP contribution < -0.4 is 11.1 Å². The summed E-state index contributed by atoms with van der Waals surface area (Å²) in [5.74, 6) is -0.436. The molecule has 4 N–H and O–H groups in total. The predicted octanol–water partition coefficient (Wildman–Crippen LogP) is 3.25. The maximum Gasteiger partial charge on any atom is 0.251 e. The van der Waals surface area contributed by atoms with Crippen molar-refractivity contribution in [3.05, 3.63) is 39.8 Å². The van der Waals surface area contributed by atoms with E-state index in [1.807, 2.05) is 25.1 Å². The van der Waals surface area contributed by atoms with Crippen LogP contribution in [0.1, 0.15) is 32.8 Å². The summed E-state index contributed by atoms with van der Waals surface area (Å²) in [5, 5.41) is 4.13. The summed E-state index contributed by atoms with van der Waals surface area (Å²) in [6, 6.07) is 5.99. The molecule has 2 aromatic heterocycles. The molecule has 6 nitrogen and oxygen atoms in total. The highest BCUT2D eigenvalue weighted by Crippen LogP contribution is 2.38. The van der Waals surface area contributed by atoms with Gasteiger partial charge in [-0.2, -0.15) is 0 Å². The fraction of sp³-hybridized carbons (Fsp3) is 0.278. The number of aromatic nitrogens is 2. The lowest BCUT2D eigenvalue weighted by Gasteiger charge is -2.05. The van der Waals surface area contributed by atoms with E-state index < -0.39 is 5.91 Å². The number of imidazole rings is 1. The zero-order valence-electron chi connectivity index (χ0n) is 14.2. The molecule has 0 spiro atoms. The van der Waals surface area contributed by atoms with E-state index in [0.29, 0.717) is 15.7 Å². The van der Waals surface area contributed by atoms with Gasteiger partial charge in [0.05, 0.1) is 22.3 Å². The Morgan fingerprint density at radius 1 is 1.38 bits per heavy atom. The van der Waals surface area contributed by atoms with Gasteiger partial charge in [0.2, 0.25) is 5.91 Å². The summed E-state index contributed by atoms with van der Waals surface area (Å²) in [7, 11) is 0. The van der Waals surface area contributed by atoms with Crippen molar-refractivity contribution in [3.8, 4) is 0 Å². The number of nitrogens with zero attached hydrogens (tertiary/aromatic N) is 1. The molecule has 0 saturated carbocycles. The number of aromatic amines is 1. The number of hydrogen-bond donors (Lipinski definition) is 3. The van der Waals surface area contributed by atoms with Gasteiger partial charge in [0.25, 0.3) is 5.91 Å². The second-order valence-corrected chi connectivity index (χ2v) is 8.39. The predicted molar refractivity (Wildman–Crippen MR) is 105 cm³/mol. The summed E-state index contributed by atoms with van der Waals surface area (Å²) >= 11 is 2.80. The number of carbonyl (C=O) groups excluding carboxylic acids is 2. The minimum absolute atomic E-state index is 0.172. The Morgan fingerprint density at radius 2 is 2.23 bits per heavy atom. The van der Waals surface area contributed by atoms with Gasteiger partial charge < -0.3 is 16.0 Å². The van der Waals surface area contributed by atoms with E-state index in [0.717, 1.165) is 46.3 Å². The number of carbonyl (C=O) groups is 2. The lowest BCUT2D eigenvalue weighted by atomic mass is 10.1. The average molecular weight is 387 g/mol. The number of amides is 2. The van der Waals surface area contributed by atoms with Gasteiger partial charge >= 0.3 is 0 Å². The number of hydrogen-bond acceptors (Lipinski definition) is 5. The maximum atomic E-state index is 12.3. The third kappa shape index (κ3) is 3.22. The lowest BCUT2D eigenvalue weighted by Crippen LogP contribution is -2.18. The van der Waals surface area contributed by atoms with Crippen molar-refractivity contribution in [2.45, 2.75) is 31.3 Å². The molecule has 0 fully saturated rings. The van der Waals surface area contributed by atoms with Crippen molar-refractivity contribution in [2.75, 3.05) is 11.1 Å². The van der Waals surface area contributed by atoms with Crippen LogP contribution in [-0.2, 0) is 17.6 Å². The molecule has 1 aliphatic rings. The van der Waals surface area contributed by atoms with Crippen LogP contribution in [0.4, 0.5) is 5.00 Å². The van der Waals surface area contributed by atoms with Gasteiger partial charge in [-0.3, -0.25) is 9.59 Å². The number of primary amides is 1. The number of H-pyrrole nitrogens is 1. The van der Waals surface area contributed by atoms with Crippen LogP contribution in [0.2, 0.25) is 0 Å². The summed E-state index contributed by atoms with van der Waals surface area (Å²) in [6.07, 6.45) is 2.84. The Balaban J connectivity index is 1.45. The fourth-order valence-corrected chi connectivity index (χ4v) is 5.21. The Morgan fingerprint density at radius 3 is 3.04 bits per heavy atom. The quantitative estimate of drug-likeness (QED) is 0.586. The van der Waals surface area contributed by atoms with Gasteiger partial charge in [0.1, 0.15) is 5.00 Å². The second-order valence-electron chi connectivity index (χ2n) is 6.33. The molecule has 0 unspecified atom stereocenters. The smallest absolute Gasteiger partial charge is 0.251 e. The largest absolute Gasteiger partial charge is 0.365 e.